The van der Waals surface area contributed by atoms with E-state index in [-0.39, 0.29) is 11.6 Å². The van der Waals surface area contributed by atoms with Gasteiger partial charge in [-0.25, -0.2) is 4.98 Å². The molecule has 1 atom stereocenters. The molecule has 1 N–H and O–H groups in total. The maximum Gasteiger partial charge on any atom is 0.262 e. The molecule has 0 aromatic carbocycles. The average molecular weight is 350 g/mol. The van der Waals surface area contributed by atoms with Crippen molar-refractivity contribution in [2.24, 2.45) is 11.8 Å². The van der Waals surface area contributed by atoms with Crippen LogP contribution in [0.3, 0.4) is 0 Å². The van der Waals surface area contributed by atoms with Crippen LogP contribution in [0.2, 0.25) is 0 Å². The van der Waals surface area contributed by atoms with Crippen LogP contribution in [0.15, 0.2) is 29.1 Å². The van der Waals surface area contributed by atoms with Crippen molar-refractivity contribution >= 4 is 11.6 Å². The van der Waals surface area contributed by atoms with Gasteiger partial charge in [0.05, 0.1) is 5.03 Å². The van der Waals surface area contributed by atoms with Gasteiger partial charge in [0.15, 0.2) is 5.75 Å². The fourth-order valence-electron chi connectivity index (χ4n) is 2.86. The Morgan fingerprint density at radius 2 is 2.12 bits per heavy atom. The Labute approximate surface area is 150 Å². The van der Waals surface area contributed by atoms with Crippen molar-refractivity contribution in [1.29, 1.82) is 0 Å². The van der Waals surface area contributed by atoms with Crippen LogP contribution >= 0.6 is 11.6 Å². The van der Waals surface area contributed by atoms with Crippen molar-refractivity contribution in [3.63, 3.8) is 0 Å². The topological polar surface area (TPSA) is 42.4 Å². The standard InChI is InChI=1S/C20H28ClNO2/c1-5-16-12-22-20(19(23)17(16)6-2)24-18(14(4)21)10-7-13(3)11-15-8-9-15/h7,10,12-13,15,23H,5-6,8-9,11H2,1-4H3. The normalized spacial score (nSPS) is 17.0. The summed E-state index contributed by atoms with van der Waals surface area (Å²) in [6.07, 6.45) is 11.3. The predicted octanol–water partition coefficient (Wildman–Crippen LogP) is 5.75. The molecule has 24 heavy (non-hydrogen) atoms. The van der Waals surface area contributed by atoms with Gasteiger partial charge in [-0.3, -0.25) is 0 Å². The molecule has 0 bridgehead atoms. The molecule has 1 saturated carbocycles. The highest BCUT2D eigenvalue weighted by atomic mass is 35.5. The van der Waals surface area contributed by atoms with E-state index in [0.29, 0.717) is 16.7 Å². The number of allylic oxidation sites excluding steroid dienone is 3. The molecule has 132 valence electrons. The second-order valence-electron chi connectivity index (χ2n) is 6.64. The van der Waals surface area contributed by atoms with Crippen molar-refractivity contribution in [2.75, 3.05) is 0 Å². The molecule has 1 aromatic rings. The summed E-state index contributed by atoms with van der Waals surface area (Å²) in [6.45, 7) is 8.05. The molecule has 1 aliphatic carbocycles. The first kappa shape index (κ1) is 18.9. The number of hydrogen-bond donors (Lipinski definition) is 1. The molecule has 1 fully saturated rings. The second-order valence-corrected chi connectivity index (χ2v) is 7.21. The van der Waals surface area contributed by atoms with E-state index in [1.807, 2.05) is 19.9 Å². The summed E-state index contributed by atoms with van der Waals surface area (Å²) in [5.41, 5.74) is 1.93. The number of aromatic nitrogens is 1. The van der Waals surface area contributed by atoms with E-state index in [2.05, 4.69) is 18.0 Å². The number of aryl methyl sites for hydroxylation is 1. The zero-order valence-corrected chi connectivity index (χ0v) is 15.9. The molecule has 0 spiro atoms. The molecule has 3 nitrogen and oxygen atoms in total. The van der Waals surface area contributed by atoms with Gasteiger partial charge in [-0.1, -0.05) is 51.3 Å². The van der Waals surface area contributed by atoms with Gasteiger partial charge in [0.25, 0.3) is 5.88 Å². The Balaban J connectivity index is 2.16. The maximum atomic E-state index is 10.5. The lowest BCUT2D eigenvalue weighted by Gasteiger charge is -2.14. The lowest BCUT2D eigenvalue weighted by molar-refractivity contribution is 0.372. The lowest BCUT2D eigenvalue weighted by atomic mass is 10.0. The van der Waals surface area contributed by atoms with Crippen LogP contribution < -0.4 is 4.74 Å². The van der Waals surface area contributed by atoms with E-state index < -0.39 is 0 Å². The highest BCUT2D eigenvalue weighted by molar-refractivity contribution is 6.29. The zero-order valence-electron chi connectivity index (χ0n) is 15.1. The molecule has 0 radical (unpaired) electrons. The SMILES string of the molecule is CCc1cnc(OC(C=CC(C)CC2CC2)=C(C)Cl)c(O)c1CC. The summed E-state index contributed by atoms with van der Waals surface area (Å²) < 4.78 is 5.82. The van der Waals surface area contributed by atoms with Gasteiger partial charge in [-0.2, -0.15) is 0 Å². The van der Waals surface area contributed by atoms with Crippen molar-refractivity contribution in [2.45, 2.75) is 59.8 Å². The third-order valence-corrected chi connectivity index (χ3v) is 4.66. The summed E-state index contributed by atoms with van der Waals surface area (Å²) in [5.74, 6) is 2.25. The van der Waals surface area contributed by atoms with Crippen LogP contribution in [0.5, 0.6) is 11.6 Å². The molecule has 1 heterocycles. The number of hydrogen-bond acceptors (Lipinski definition) is 3. The Kier molecular flexibility index (Phi) is 6.73. The highest BCUT2D eigenvalue weighted by Gasteiger charge is 2.22. The van der Waals surface area contributed by atoms with Gasteiger partial charge in [0, 0.05) is 11.8 Å². The minimum atomic E-state index is 0.117. The quantitative estimate of drug-likeness (QED) is 0.479. The monoisotopic (exact) mass is 349 g/mol. The molecule has 2 rings (SSSR count). The Bertz CT molecular complexity index is 629. The van der Waals surface area contributed by atoms with E-state index in [1.165, 1.54) is 19.3 Å². The number of ether oxygens (including phenoxy) is 1. The van der Waals surface area contributed by atoms with Crippen LogP contribution in [0.4, 0.5) is 0 Å². The minimum absolute atomic E-state index is 0.117. The van der Waals surface area contributed by atoms with Crippen LogP contribution in [0.1, 0.15) is 58.1 Å². The number of pyridine rings is 1. The smallest absolute Gasteiger partial charge is 0.262 e. The molecule has 1 aliphatic rings. The zero-order chi connectivity index (χ0) is 17.7. The minimum Gasteiger partial charge on any atom is -0.503 e. The van der Waals surface area contributed by atoms with Crippen LogP contribution in [0, 0.1) is 11.8 Å². The van der Waals surface area contributed by atoms with E-state index in [9.17, 15) is 5.11 Å². The summed E-state index contributed by atoms with van der Waals surface area (Å²) in [6, 6.07) is 0. The molecular formula is C20H28ClNO2. The molecule has 1 aromatic heterocycles. The van der Waals surface area contributed by atoms with Gasteiger partial charge < -0.3 is 9.84 Å². The first-order chi connectivity index (χ1) is 11.5. The van der Waals surface area contributed by atoms with Gasteiger partial charge in [0.2, 0.25) is 0 Å². The molecule has 4 heteroatoms. The van der Waals surface area contributed by atoms with Crippen molar-refractivity contribution in [1.82, 2.24) is 4.98 Å². The third kappa shape index (κ3) is 5.01. The first-order valence-electron chi connectivity index (χ1n) is 8.88. The fraction of sp³-hybridized carbons (Fsp3) is 0.550. The molecular weight excluding hydrogens is 322 g/mol. The summed E-state index contributed by atoms with van der Waals surface area (Å²) in [4.78, 5) is 4.27. The first-order valence-corrected chi connectivity index (χ1v) is 9.26. The number of nitrogens with zero attached hydrogens (tertiary/aromatic N) is 1. The van der Waals surface area contributed by atoms with Crippen molar-refractivity contribution in [3.05, 3.63) is 40.3 Å². The molecule has 1 unspecified atom stereocenters. The average Bonchev–Trinajstić information content (AvgIpc) is 3.35. The van der Waals surface area contributed by atoms with Crippen LogP contribution in [0.25, 0.3) is 0 Å². The summed E-state index contributed by atoms with van der Waals surface area (Å²) in [5, 5.41) is 11.0. The fourth-order valence-corrected chi connectivity index (χ4v) is 2.97. The lowest BCUT2D eigenvalue weighted by Crippen LogP contribution is -2.01. The number of aromatic hydroxyl groups is 1. The van der Waals surface area contributed by atoms with Crippen molar-refractivity contribution in [3.8, 4) is 11.6 Å². The molecule has 0 saturated heterocycles. The van der Waals surface area contributed by atoms with Gasteiger partial charge in [0.1, 0.15) is 5.76 Å². The highest BCUT2D eigenvalue weighted by Crippen LogP contribution is 2.36. The Hall–Kier alpha value is -1.48. The van der Waals surface area contributed by atoms with Crippen LogP contribution in [-0.2, 0) is 12.8 Å². The predicted molar refractivity (Wildman–Crippen MR) is 99.5 cm³/mol. The van der Waals surface area contributed by atoms with Crippen LogP contribution in [-0.4, -0.2) is 10.1 Å². The second kappa shape index (κ2) is 8.57. The Morgan fingerprint density at radius 3 is 2.67 bits per heavy atom. The van der Waals surface area contributed by atoms with E-state index >= 15 is 0 Å². The van der Waals surface area contributed by atoms with E-state index in [0.717, 1.165) is 29.9 Å². The largest absolute Gasteiger partial charge is 0.503 e. The summed E-state index contributed by atoms with van der Waals surface area (Å²) >= 11 is 6.17. The Morgan fingerprint density at radius 1 is 1.42 bits per heavy atom. The van der Waals surface area contributed by atoms with Gasteiger partial charge in [-0.05, 0) is 49.7 Å². The number of halogens is 1. The van der Waals surface area contributed by atoms with E-state index in [4.69, 9.17) is 16.3 Å². The maximum absolute atomic E-state index is 10.5. The molecule has 0 amide bonds. The third-order valence-electron chi connectivity index (χ3n) is 4.47. The van der Waals surface area contributed by atoms with Crippen molar-refractivity contribution < 1.29 is 9.84 Å². The number of rotatable bonds is 8. The van der Waals surface area contributed by atoms with E-state index in [1.54, 1.807) is 13.1 Å². The van der Waals surface area contributed by atoms with Gasteiger partial charge in [-0.15, -0.1) is 0 Å². The van der Waals surface area contributed by atoms with Gasteiger partial charge >= 0.3 is 0 Å². The molecule has 0 aliphatic heterocycles. The summed E-state index contributed by atoms with van der Waals surface area (Å²) in [7, 11) is 0.